The van der Waals surface area contributed by atoms with Crippen molar-refractivity contribution in [1.29, 1.82) is 0 Å². The lowest BCUT2D eigenvalue weighted by Crippen LogP contribution is -2.56. The molecule has 0 saturated carbocycles. The maximum Gasteiger partial charge on any atom is 0.115 e. The zero-order valence-electron chi connectivity index (χ0n) is 7.58. The van der Waals surface area contributed by atoms with Gasteiger partial charge in [-0.15, -0.1) is 11.8 Å². The molecule has 2 rings (SSSR count). The lowest BCUT2D eigenvalue weighted by molar-refractivity contribution is -0.0170. The minimum atomic E-state index is -0.625. The Morgan fingerprint density at radius 1 is 1.38 bits per heavy atom. The van der Waals surface area contributed by atoms with E-state index in [1.807, 2.05) is 24.5 Å². The van der Waals surface area contributed by atoms with Crippen molar-refractivity contribution in [2.45, 2.75) is 10.5 Å². The molecular weight excluding hydrogens is 182 g/mol. The van der Waals surface area contributed by atoms with Crippen LogP contribution >= 0.6 is 11.8 Å². The predicted molar refractivity (Wildman–Crippen MR) is 55.0 cm³/mol. The number of nitrogens with one attached hydrogen (secondary N) is 1. The zero-order valence-corrected chi connectivity index (χ0v) is 8.40. The summed E-state index contributed by atoms with van der Waals surface area (Å²) in [6, 6.07) is 8.04. The van der Waals surface area contributed by atoms with Crippen LogP contribution < -0.4 is 5.32 Å². The van der Waals surface area contributed by atoms with Gasteiger partial charge in [-0.1, -0.05) is 18.2 Å². The summed E-state index contributed by atoms with van der Waals surface area (Å²) in [6.45, 7) is 1.34. The fourth-order valence-corrected chi connectivity index (χ4v) is 2.27. The van der Waals surface area contributed by atoms with Crippen molar-refractivity contribution in [2.75, 3.05) is 19.3 Å². The largest absolute Gasteiger partial charge is 0.382 e. The van der Waals surface area contributed by atoms with Crippen molar-refractivity contribution in [3.63, 3.8) is 0 Å². The van der Waals surface area contributed by atoms with Gasteiger partial charge in [-0.3, -0.25) is 0 Å². The molecule has 0 spiro atoms. The topological polar surface area (TPSA) is 32.3 Å². The fraction of sp³-hybridized carbons (Fsp3) is 0.400. The van der Waals surface area contributed by atoms with Crippen LogP contribution in [0.1, 0.15) is 5.56 Å². The first-order valence-electron chi connectivity index (χ1n) is 4.33. The van der Waals surface area contributed by atoms with E-state index in [9.17, 15) is 5.11 Å². The van der Waals surface area contributed by atoms with Crippen LogP contribution in [-0.2, 0) is 5.60 Å². The second kappa shape index (κ2) is 3.33. The number of thioether (sulfide) groups is 1. The summed E-state index contributed by atoms with van der Waals surface area (Å²) in [5.74, 6) is 0. The van der Waals surface area contributed by atoms with E-state index in [-0.39, 0.29) is 0 Å². The van der Waals surface area contributed by atoms with Gasteiger partial charge in [0.05, 0.1) is 0 Å². The van der Waals surface area contributed by atoms with Crippen LogP contribution in [0, 0.1) is 0 Å². The Morgan fingerprint density at radius 3 is 2.62 bits per heavy atom. The van der Waals surface area contributed by atoms with Crippen LogP contribution in [0.2, 0.25) is 0 Å². The van der Waals surface area contributed by atoms with Gasteiger partial charge in [0.2, 0.25) is 0 Å². The molecule has 2 nitrogen and oxygen atoms in total. The first-order valence-corrected chi connectivity index (χ1v) is 5.55. The quantitative estimate of drug-likeness (QED) is 0.695. The number of hydrogen-bond donors (Lipinski definition) is 2. The first kappa shape index (κ1) is 9.06. The lowest BCUT2D eigenvalue weighted by atomic mass is 9.88. The third kappa shape index (κ3) is 1.47. The molecule has 0 aromatic heterocycles. The Hall–Kier alpha value is -0.510. The van der Waals surface area contributed by atoms with Gasteiger partial charge in [-0.2, -0.15) is 0 Å². The average Bonchev–Trinajstić information content (AvgIpc) is 2.14. The van der Waals surface area contributed by atoms with Crippen LogP contribution in [0.15, 0.2) is 29.2 Å². The Balaban J connectivity index is 2.38. The van der Waals surface area contributed by atoms with Crippen molar-refractivity contribution in [3.05, 3.63) is 29.8 Å². The highest BCUT2D eigenvalue weighted by Gasteiger charge is 2.37. The fourth-order valence-electron chi connectivity index (χ4n) is 1.58. The molecule has 13 heavy (non-hydrogen) atoms. The summed E-state index contributed by atoms with van der Waals surface area (Å²) in [6.07, 6.45) is 2.04. The molecule has 1 aromatic rings. The van der Waals surface area contributed by atoms with Gasteiger partial charge < -0.3 is 10.4 Å². The molecule has 1 aliphatic heterocycles. The molecule has 1 heterocycles. The van der Waals surface area contributed by atoms with E-state index in [1.165, 1.54) is 4.90 Å². The van der Waals surface area contributed by atoms with Crippen LogP contribution in [0.3, 0.4) is 0 Å². The van der Waals surface area contributed by atoms with Gasteiger partial charge in [0.1, 0.15) is 5.60 Å². The van der Waals surface area contributed by atoms with Gasteiger partial charge in [0, 0.05) is 18.0 Å². The van der Waals surface area contributed by atoms with E-state index in [4.69, 9.17) is 0 Å². The normalized spacial score (nSPS) is 19.5. The summed E-state index contributed by atoms with van der Waals surface area (Å²) in [5, 5.41) is 13.2. The van der Waals surface area contributed by atoms with Crippen molar-refractivity contribution in [2.24, 2.45) is 0 Å². The molecule has 0 aliphatic carbocycles. The zero-order chi connectivity index (χ0) is 9.31. The minimum Gasteiger partial charge on any atom is -0.382 e. The highest BCUT2D eigenvalue weighted by molar-refractivity contribution is 7.98. The molecule has 0 radical (unpaired) electrons. The maximum absolute atomic E-state index is 10.1. The standard InChI is InChI=1S/C10H13NOS/c1-13-9-5-3-2-4-8(9)10(12)6-11-7-10/h2-5,11-12H,6-7H2,1H3. The number of benzene rings is 1. The molecule has 2 N–H and O–H groups in total. The van der Waals surface area contributed by atoms with E-state index in [2.05, 4.69) is 11.4 Å². The van der Waals surface area contributed by atoms with E-state index >= 15 is 0 Å². The maximum atomic E-state index is 10.1. The summed E-state index contributed by atoms with van der Waals surface area (Å²) < 4.78 is 0. The Morgan fingerprint density at radius 2 is 2.08 bits per heavy atom. The smallest absolute Gasteiger partial charge is 0.115 e. The van der Waals surface area contributed by atoms with Crippen molar-refractivity contribution >= 4 is 11.8 Å². The monoisotopic (exact) mass is 195 g/mol. The molecule has 70 valence electrons. The summed E-state index contributed by atoms with van der Waals surface area (Å²) >= 11 is 1.68. The number of β-amino-alcohol motifs (C(OH)–C–C–N with tert-alkyl or cyclic N) is 1. The molecule has 0 bridgehead atoms. The number of aliphatic hydroxyl groups is 1. The molecule has 1 fully saturated rings. The van der Waals surface area contributed by atoms with Crippen molar-refractivity contribution in [1.82, 2.24) is 5.32 Å². The highest BCUT2D eigenvalue weighted by atomic mass is 32.2. The molecule has 3 heteroatoms. The highest BCUT2D eigenvalue weighted by Crippen LogP contribution is 2.32. The second-order valence-electron chi connectivity index (χ2n) is 3.34. The predicted octanol–water partition coefficient (Wildman–Crippen LogP) is 1.20. The van der Waals surface area contributed by atoms with Crippen molar-refractivity contribution < 1.29 is 5.11 Å². The molecule has 0 amide bonds. The molecule has 1 aromatic carbocycles. The summed E-state index contributed by atoms with van der Waals surface area (Å²) in [4.78, 5) is 1.17. The van der Waals surface area contributed by atoms with Gasteiger partial charge in [-0.05, 0) is 17.9 Å². The van der Waals surface area contributed by atoms with Crippen LogP contribution in [0.5, 0.6) is 0 Å². The molecular formula is C10H13NOS. The van der Waals surface area contributed by atoms with E-state index in [0.29, 0.717) is 13.1 Å². The van der Waals surface area contributed by atoms with Gasteiger partial charge in [0.15, 0.2) is 0 Å². The Labute approximate surface area is 82.4 Å². The summed E-state index contributed by atoms with van der Waals surface area (Å²) in [7, 11) is 0. The van der Waals surface area contributed by atoms with E-state index in [1.54, 1.807) is 11.8 Å². The molecule has 0 unspecified atom stereocenters. The second-order valence-corrected chi connectivity index (χ2v) is 4.18. The molecule has 0 atom stereocenters. The Bertz CT molecular complexity index is 310. The van der Waals surface area contributed by atoms with Gasteiger partial charge in [0.25, 0.3) is 0 Å². The average molecular weight is 195 g/mol. The third-order valence-corrected chi connectivity index (χ3v) is 3.24. The molecule has 1 saturated heterocycles. The number of rotatable bonds is 2. The van der Waals surface area contributed by atoms with Gasteiger partial charge >= 0.3 is 0 Å². The number of hydrogen-bond acceptors (Lipinski definition) is 3. The Kier molecular flexibility index (Phi) is 2.32. The van der Waals surface area contributed by atoms with E-state index < -0.39 is 5.60 Å². The summed E-state index contributed by atoms with van der Waals surface area (Å²) in [5.41, 5.74) is 0.431. The van der Waals surface area contributed by atoms with Gasteiger partial charge in [-0.25, -0.2) is 0 Å². The SMILES string of the molecule is CSc1ccccc1C1(O)CNC1. The third-order valence-electron chi connectivity index (χ3n) is 2.44. The molecule has 1 aliphatic rings. The van der Waals surface area contributed by atoms with Crippen LogP contribution in [0.25, 0.3) is 0 Å². The van der Waals surface area contributed by atoms with Crippen LogP contribution in [0.4, 0.5) is 0 Å². The minimum absolute atomic E-state index is 0.625. The lowest BCUT2D eigenvalue weighted by Gasteiger charge is -2.39. The first-order chi connectivity index (χ1) is 6.26. The van der Waals surface area contributed by atoms with Crippen LogP contribution in [-0.4, -0.2) is 24.5 Å². The van der Waals surface area contributed by atoms with Crippen molar-refractivity contribution in [3.8, 4) is 0 Å². The van der Waals surface area contributed by atoms with E-state index in [0.717, 1.165) is 5.56 Å².